The van der Waals surface area contributed by atoms with Gasteiger partial charge in [0.2, 0.25) is 0 Å². The lowest BCUT2D eigenvalue weighted by Gasteiger charge is -2.34. The summed E-state index contributed by atoms with van der Waals surface area (Å²) in [5, 5.41) is 7.44. The van der Waals surface area contributed by atoms with E-state index >= 15 is 0 Å². The van der Waals surface area contributed by atoms with Crippen molar-refractivity contribution in [3.8, 4) is 5.75 Å². The number of aromatic nitrogens is 3. The lowest BCUT2D eigenvalue weighted by Crippen LogP contribution is -2.42. The van der Waals surface area contributed by atoms with Gasteiger partial charge < -0.3 is 15.0 Å². The van der Waals surface area contributed by atoms with E-state index < -0.39 is 6.36 Å². The molecule has 0 spiro atoms. The van der Waals surface area contributed by atoms with Gasteiger partial charge in [0.05, 0.1) is 18.1 Å². The Morgan fingerprint density at radius 3 is 2.75 bits per heavy atom. The van der Waals surface area contributed by atoms with Gasteiger partial charge in [0.15, 0.2) is 0 Å². The number of anilines is 2. The van der Waals surface area contributed by atoms with E-state index in [9.17, 15) is 13.2 Å². The molecule has 1 N–H and O–H groups in total. The van der Waals surface area contributed by atoms with E-state index in [0.717, 1.165) is 37.8 Å². The summed E-state index contributed by atoms with van der Waals surface area (Å²) >= 11 is 0. The van der Waals surface area contributed by atoms with E-state index in [4.69, 9.17) is 0 Å². The molecule has 3 rings (SSSR count). The first-order valence-electron chi connectivity index (χ1n) is 7.61. The maximum absolute atomic E-state index is 12.1. The van der Waals surface area contributed by atoms with E-state index in [2.05, 4.69) is 25.0 Å². The minimum Gasteiger partial charge on any atom is -0.404 e. The van der Waals surface area contributed by atoms with E-state index in [-0.39, 0.29) is 11.8 Å². The highest BCUT2D eigenvalue weighted by molar-refractivity contribution is 5.45. The molecule has 9 heteroatoms. The number of piperidine rings is 1. The molecule has 1 saturated heterocycles. The average molecular weight is 341 g/mol. The van der Waals surface area contributed by atoms with E-state index in [0.29, 0.717) is 5.82 Å². The Hall–Kier alpha value is -2.45. The van der Waals surface area contributed by atoms with Crippen molar-refractivity contribution in [2.45, 2.75) is 25.2 Å². The zero-order valence-corrected chi connectivity index (χ0v) is 13.1. The third kappa shape index (κ3) is 4.30. The van der Waals surface area contributed by atoms with Crippen molar-refractivity contribution in [1.82, 2.24) is 14.8 Å². The maximum atomic E-state index is 12.1. The van der Waals surface area contributed by atoms with Crippen molar-refractivity contribution in [3.63, 3.8) is 0 Å². The zero-order valence-electron chi connectivity index (χ0n) is 13.1. The number of pyridine rings is 1. The quantitative estimate of drug-likeness (QED) is 0.927. The molecule has 1 unspecified atom stereocenters. The molecular weight excluding hydrogens is 323 g/mol. The minimum absolute atomic E-state index is 0.167. The Morgan fingerprint density at radius 1 is 1.29 bits per heavy atom. The van der Waals surface area contributed by atoms with Crippen LogP contribution in [0, 0.1) is 0 Å². The number of halogens is 3. The fourth-order valence-corrected chi connectivity index (χ4v) is 2.77. The average Bonchev–Trinajstić information content (AvgIpc) is 2.95. The molecule has 1 aliphatic heterocycles. The zero-order chi connectivity index (χ0) is 17.2. The Kier molecular flexibility index (Phi) is 4.50. The molecule has 6 nitrogen and oxygen atoms in total. The number of hydrogen-bond donors (Lipinski definition) is 1. The topological polar surface area (TPSA) is 55.2 Å². The van der Waals surface area contributed by atoms with Crippen LogP contribution in [0.4, 0.5) is 24.7 Å². The highest BCUT2D eigenvalue weighted by atomic mass is 19.4. The fraction of sp³-hybridized carbons (Fsp3) is 0.467. The van der Waals surface area contributed by atoms with Crippen LogP contribution in [-0.4, -0.2) is 40.3 Å². The van der Waals surface area contributed by atoms with Crippen molar-refractivity contribution >= 4 is 11.5 Å². The van der Waals surface area contributed by atoms with Gasteiger partial charge in [0.25, 0.3) is 0 Å². The third-order valence-electron chi connectivity index (χ3n) is 3.80. The Labute approximate surface area is 137 Å². The molecule has 0 amide bonds. The normalized spacial score (nSPS) is 18.5. The van der Waals surface area contributed by atoms with Crippen LogP contribution in [0.25, 0.3) is 0 Å². The second-order valence-corrected chi connectivity index (χ2v) is 5.73. The molecule has 2 aromatic heterocycles. The molecule has 2 aromatic rings. The van der Waals surface area contributed by atoms with E-state index in [1.807, 2.05) is 19.4 Å². The Bertz CT molecular complexity index is 670. The minimum atomic E-state index is -4.70. The van der Waals surface area contributed by atoms with Crippen LogP contribution in [0.15, 0.2) is 30.7 Å². The number of ether oxygens (including phenoxy) is 1. The van der Waals surface area contributed by atoms with Gasteiger partial charge in [-0.05, 0) is 25.0 Å². The number of nitrogens with one attached hydrogen (secondary N) is 1. The highest BCUT2D eigenvalue weighted by Crippen LogP contribution is 2.24. The number of hydrogen-bond acceptors (Lipinski definition) is 5. The third-order valence-corrected chi connectivity index (χ3v) is 3.80. The van der Waals surface area contributed by atoms with Crippen molar-refractivity contribution in [1.29, 1.82) is 0 Å². The number of aryl methyl sites for hydroxylation is 1. The summed E-state index contributed by atoms with van der Waals surface area (Å²) in [6.07, 6.45) is 2.14. The number of alkyl halides is 3. The monoisotopic (exact) mass is 341 g/mol. The van der Waals surface area contributed by atoms with E-state index in [1.54, 1.807) is 4.68 Å². The second kappa shape index (κ2) is 6.58. The van der Waals surface area contributed by atoms with Gasteiger partial charge in [0, 0.05) is 32.4 Å². The summed E-state index contributed by atoms with van der Waals surface area (Å²) in [6.45, 7) is 1.74. The fourth-order valence-electron chi connectivity index (χ4n) is 2.77. The SMILES string of the molecule is Cn1cc(N2CCCC(Nc3ccc(OC(F)(F)F)cn3)C2)cn1. The summed E-state index contributed by atoms with van der Waals surface area (Å²) in [6, 6.07) is 2.91. The molecule has 24 heavy (non-hydrogen) atoms. The van der Waals surface area contributed by atoms with Gasteiger partial charge in [0.1, 0.15) is 11.6 Å². The smallest absolute Gasteiger partial charge is 0.404 e. The molecule has 1 aliphatic rings. The lowest BCUT2D eigenvalue weighted by molar-refractivity contribution is -0.274. The molecule has 0 radical (unpaired) electrons. The predicted octanol–water partition coefficient (Wildman–Crippen LogP) is 2.79. The van der Waals surface area contributed by atoms with Gasteiger partial charge in [-0.15, -0.1) is 13.2 Å². The molecule has 0 saturated carbocycles. The number of rotatable bonds is 4. The first kappa shape index (κ1) is 16.4. The van der Waals surface area contributed by atoms with Gasteiger partial charge in [-0.1, -0.05) is 0 Å². The molecule has 0 aliphatic carbocycles. The standard InChI is InChI=1S/C15H18F3N5O/c1-22-10-12(7-20-22)23-6-2-3-11(9-23)21-14-5-4-13(8-19-14)24-15(16,17)18/h4-5,7-8,10-11H,2-3,6,9H2,1H3,(H,19,21). The van der Waals surface area contributed by atoms with Crippen molar-refractivity contribution < 1.29 is 17.9 Å². The van der Waals surface area contributed by atoms with Gasteiger partial charge in [-0.2, -0.15) is 5.10 Å². The van der Waals surface area contributed by atoms with Crippen molar-refractivity contribution in [2.24, 2.45) is 7.05 Å². The summed E-state index contributed by atoms with van der Waals surface area (Å²) in [5.41, 5.74) is 1.06. The second-order valence-electron chi connectivity index (χ2n) is 5.73. The summed E-state index contributed by atoms with van der Waals surface area (Å²) in [7, 11) is 1.87. The summed E-state index contributed by atoms with van der Waals surface area (Å²) < 4.78 is 42.0. The molecule has 0 bridgehead atoms. The predicted molar refractivity (Wildman–Crippen MR) is 83.0 cm³/mol. The molecule has 1 atom stereocenters. The van der Waals surface area contributed by atoms with Gasteiger partial charge in [-0.25, -0.2) is 4.98 Å². The summed E-state index contributed by atoms with van der Waals surface area (Å²) in [4.78, 5) is 6.22. The van der Waals surface area contributed by atoms with Crippen LogP contribution < -0.4 is 15.0 Å². The van der Waals surface area contributed by atoms with Crippen LogP contribution in [0.3, 0.4) is 0 Å². The van der Waals surface area contributed by atoms with E-state index in [1.165, 1.54) is 12.1 Å². The lowest BCUT2D eigenvalue weighted by atomic mass is 10.1. The van der Waals surface area contributed by atoms with Crippen LogP contribution in [0.2, 0.25) is 0 Å². The molecule has 1 fully saturated rings. The van der Waals surface area contributed by atoms with Gasteiger partial charge in [-0.3, -0.25) is 4.68 Å². The van der Waals surface area contributed by atoms with Crippen molar-refractivity contribution in [2.75, 3.05) is 23.3 Å². The largest absolute Gasteiger partial charge is 0.573 e. The Balaban J connectivity index is 1.59. The maximum Gasteiger partial charge on any atom is 0.573 e. The first-order chi connectivity index (χ1) is 11.4. The summed E-state index contributed by atoms with van der Waals surface area (Å²) in [5.74, 6) is 0.205. The molecule has 3 heterocycles. The molecule has 130 valence electrons. The highest BCUT2D eigenvalue weighted by Gasteiger charge is 2.31. The Morgan fingerprint density at radius 2 is 2.12 bits per heavy atom. The molecule has 0 aromatic carbocycles. The van der Waals surface area contributed by atoms with Crippen molar-refractivity contribution in [3.05, 3.63) is 30.7 Å². The number of nitrogens with zero attached hydrogens (tertiary/aromatic N) is 4. The first-order valence-corrected chi connectivity index (χ1v) is 7.61. The van der Waals surface area contributed by atoms with Crippen LogP contribution in [0.5, 0.6) is 5.75 Å². The van der Waals surface area contributed by atoms with Crippen LogP contribution in [-0.2, 0) is 7.05 Å². The molecular formula is C15H18F3N5O. The van der Waals surface area contributed by atoms with Crippen LogP contribution >= 0.6 is 0 Å². The van der Waals surface area contributed by atoms with Crippen LogP contribution in [0.1, 0.15) is 12.8 Å². The van der Waals surface area contributed by atoms with Gasteiger partial charge >= 0.3 is 6.36 Å².